The summed E-state index contributed by atoms with van der Waals surface area (Å²) in [7, 11) is 1.57. The summed E-state index contributed by atoms with van der Waals surface area (Å²) in [6, 6.07) is 6.85. The molecule has 0 aliphatic carbocycles. The largest absolute Gasteiger partial charge is 0.368 e. The number of benzene rings is 1. The average Bonchev–Trinajstić information content (AvgIpc) is 2.56. The lowest BCUT2D eigenvalue weighted by atomic mass is 9.91. The van der Waals surface area contributed by atoms with Gasteiger partial charge in [0.15, 0.2) is 0 Å². The number of amides is 2. The average molecular weight is 305 g/mol. The van der Waals surface area contributed by atoms with E-state index in [0.29, 0.717) is 30.6 Å². The Morgan fingerprint density at radius 3 is 2.41 bits per heavy atom. The molecule has 1 fully saturated rings. The molecule has 6 nitrogen and oxygen atoms in total. The van der Waals surface area contributed by atoms with Crippen molar-refractivity contribution in [3.8, 4) is 0 Å². The molecule has 0 radical (unpaired) electrons. The number of hydrogen-bond donors (Lipinski definition) is 3. The normalized spacial score (nSPS) is 16.8. The molecular weight excluding hydrogens is 282 g/mol. The summed E-state index contributed by atoms with van der Waals surface area (Å²) >= 11 is 0. The molecule has 1 aromatic rings. The molecule has 0 atom stereocenters. The van der Waals surface area contributed by atoms with Gasteiger partial charge in [-0.1, -0.05) is 0 Å². The second kappa shape index (κ2) is 7.38. The lowest BCUT2D eigenvalue weighted by Crippen LogP contribution is -2.51. The fourth-order valence-corrected chi connectivity index (χ4v) is 2.57. The van der Waals surface area contributed by atoms with Crippen molar-refractivity contribution >= 4 is 17.5 Å². The van der Waals surface area contributed by atoms with Crippen LogP contribution in [0.3, 0.4) is 0 Å². The van der Waals surface area contributed by atoms with Crippen LogP contribution in [-0.4, -0.2) is 44.2 Å². The lowest BCUT2D eigenvalue weighted by molar-refractivity contribution is -0.140. The molecule has 6 heteroatoms. The van der Waals surface area contributed by atoms with Crippen molar-refractivity contribution < 1.29 is 14.3 Å². The van der Waals surface area contributed by atoms with Crippen molar-refractivity contribution in [3.63, 3.8) is 0 Å². The van der Waals surface area contributed by atoms with Crippen LogP contribution < -0.4 is 16.0 Å². The fraction of sp³-hybridized carbons (Fsp3) is 0.500. The standard InChI is InChI=1S/C16H23N3O3/c1-3-18-14(20)12-4-6-13(7-5-12)19-15(21)16(22-2)8-10-17-11-9-16/h4-7,17H,3,8-11H2,1-2H3,(H,18,20)(H,19,21). The van der Waals surface area contributed by atoms with E-state index >= 15 is 0 Å². The van der Waals surface area contributed by atoms with Crippen molar-refractivity contribution in [3.05, 3.63) is 29.8 Å². The molecule has 0 saturated carbocycles. The van der Waals surface area contributed by atoms with Crippen molar-refractivity contribution in [1.82, 2.24) is 10.6 Å². The second-order valence-corrected chi connectivity index (χ2v) is 5.34. The topological polar surface area (TPSA) is 79.5 Å². The Morgan fingerprint density at radius 2 is 1.86 bits per heavy atom. The third kappa shape index (κ3) is 3.64. The number of carbonyl (C=O) groups is 2. The molecule has 0 aromatic heterocycles. The van der Waals surface area contributed by atoms with Gasteiger partial charge in [0.25, 0.3) is 11.8 Å². The predicted molar refractivity (Wildman–Crippen MR) is 84.9 cm³/mol. The van der Waals surface area contributed by atoms with Crippen molar-refractivity contribution in [2.45, 2.75) is 25.4 Å². The molecule has 1 aromatic carbocycles. The van der Waals surface area contributed by atoms with Gasteiger partial charge in [-0.05, 0) is 57.1 Å². The number of nitrogens with one attached hydrogen (secondary N) is 3. The molecule has 1 heterocycles. The van der Waals surface area contributed by atoms with E-state index in [9.17, 15) is 9.59 Å². The zero-order chi connectivity index (χ0) is 16.0. The van der Waals surface area contributed by atoms with Crippen LogP contribution in [0, 0.1) is 0 Å². The van der Waals surface area contributed by atoms with E-state index < -0.39 is 5.60 Å². The Balaban J connectivity index is 2.03. The summed E-state index contributed by atoms with van der Waals surface area (Å²) in [5.74, 6) is -0.255. The summed E-state index contributed by atoms with van der Waals surface area (Å²) < 4.78 is 5.49. The summed E-state index contributed by atoms with van der Waals surface area (Å²) in [6.45, 7) is 3.98. The highest BCUT2D eigenvalue weighted by Crippen LogP contribution is 2.24. The van der Waals surface area contributed by atoms with E-state index in [2.05, 4.69) is 16.0 Å². The smallest absolute Gasteiger partial charge is 0.256 e. The first-order valence-electron chi connectivity index (χ1n) is 7.57. The Bertz CT molecular complexity index is 522. The third-order valence-corrected chi connectivity index (χ3v) is 3.96. The summed E-state index contributed by atoms with van der Waals surface area (Å²) in [6.07, 6.45) is 1.29. The van der Waals surface area contributed by atoms with E-state index in [1.165, 1.54) is 0 Å². The van der Waals surface area contributed by atoms with Gasteiger partial charge in [-0.3, -0.25) is 9.59 Å². The van der Waals surface area contributed by atoms with Crippen LogP contribution in [0.15, 0.2) is 24.3 Å². The fourth-order valence-electron chi connectivity index (χ4n) is 2.57. The first-order chi connectivity index (χ1) is 10.6. The van der Waals surface area contributed by atoms with Gasteiger partial charge in [-0.15, -0.1) is 0 Å². The zero-order valence-electron chi connectivity index (χ0n) is 13.1. The van der Waals surface area contributed by atoms with Crippen molar-refractivity contribution in [2.75, 3.05) is 32.1 Å². The van der Waals surface area contributed by atoms with Crippen LogP contribution in [-0.2, 0) is 9.53 Å². The van der Waals surface area contributed by atoms with E-state index in [1.807, 2.05) is 6.92 Å². The highest BCUT2D eigenvalue weighted by atomic mass is 16.5. The summed E-state index contributed by atoms with van der Waals surface area (Å²) in [4.78, 5) is 24.2. The van der Waals surface area contributed by atoms with Gasteiger partial charge in [0.2, 0.25) is 0 Å². The first-order valence-corrected chi connectivity index (χ1v) is 7.57. The molecule has 2 rings (SSSR count). The molecule has 1 aliphatic rings. The summed E-state index contributed by atoms with van der Waals surface area (Å²) in [5, 5.41) is 8.83. The van der Waals surface area contributed by atoms with Gasteiger partial charge in [0.05, 0.1) is 0 Å². The van der Waals surface area contributed by atoms with Crippen molar-refractivity contribution in [1.29, 1.82) is 0 Å². The Hall–Kier alpha value is -1.92. The van der Waals surface area contributed by atoms with Crippen LogP contribution in [0.2, 0.25) is 0 Å². The number of anilines is 1. The second-order valence-electron chi connectivity index (χ2n) is 5.34. The monoisotopic (exact) mass is 305 g/mol. The number of piperidine rings is 1. The number of rotatable bonds is 5. The molecule has 120 valence electrons. The molecule has 1 saturated heterocycles. The van der Waals surface area contributed by atoms with Crippen LogP contribution in [0.1, 0.15) is 30.1 Å². The van der Waals surface area contributed by atoms with Crippen molar-refractivity contribution in [2.24, 2.45) is 0 Å². The lowest BCUT2D eigenvalue weighted by Gasteiger charge is -2.34. The minimum atomic E-state index is -0.774. The molecule has 2 amide bonds. The van der Waals surface area contributed by atoms with E-state index in [0.717, 1.165) is 13.1 Å². The van der Waals surface area contributed by atoms with E-state index in [-0.39, 0.29) is 11.8 Å². The van der Waals surface area contributed by atoms with Crippen LogP contribution >= 0.6 is 0 Å². The van der Waals surface area contributed by atoms with E-state index in [4.69, 9.17) is 4.74 Å². The Labute approximate surface area is 130 Å². The van der Waals surface area contributed by atoms with Crippen LogP contribution in [0.4, 0.5) is 5.69 Å². The Morgan fingerprint density at radius 1 is 1.23 bits per heavy atom. The zero-order valence-corrected chi connectivity index (χ0v) is 13.1. The van der Waals surface area contributed by atoms with Gasteiger partial charge in [-0.25, -0.2) is 0 Å². The minimum absolute atomic E-state index is 0.118. The maximum atomic E-state index is 12.5. The van der Waals surface area contributed by atoms with Gasteiger partial charge in [-0.2, -0.15) is 0 Å². The van der Waals surface area contributed by atoms with Crippen LogP contribution in [0.5, 0.6) is 0 Å². The maximum absolute atomic E-state index is 12.5. The van der Waals surface area contributed by atoms with Gasteiger partial charge in [0.1, 0.15) is 5.60 Å². The molecule has 0 bridgehead atoms. The van der Waals surface area contributed by atoms with Crippen LogP contribution in [0.25, 0.3) is 0 Å². The van der Waals surface area contributed by atoms with Gasteiger partial charge in [0, 0.05) is 24.9 Å². The number of hydrogen-bond acceptors (Lipinski definition) is 4. The molecular formula is C16H23N3O3. The van der Waals surface area contributed by atoms with Gasteiger partial charge >= 0.3 is 0 Å². The number of carbonyl (C=O) groups excluding carboxylic acids is 2. The molecule has 0 spiro atoms. The molecule has 0 unspecified atom stereocenters. The quantitative estimate of drug-likeness (QED) is 0.762. The SMILES string of the molecule is CCNC(=O)c1ccc(NC(=O)C2(OC)CCNCC2)cc1. The molecule has 3 N–H and O–H groups in total. The first kappa shape index (κ1) is 16.5. The number of ether oxygens (including phenoxy) is 1. The molecule has 1 aliphatic heterocycles. The predicted octanol–water partition coefficient (Wildman–Crippen LogP) is 1.14. The maximum Gasteiger partial charge on any atom is 0.256 e. The van der Waals surface area contributed by atoms with E-state index in [1.54, 1.807) is 31.4 Å². The Kier molecular flexibility index (Phi) is 5.51. The highest BCUT2D eigenvalue weighted by molar-refractivity contribution is 5.98. The number of methoxy groups -OCH3 is 1. The highest BCUT2D eigenvalue weighted by Gasteiger charge is 2.39. The minimum Gasteiger partial charge on any atom is -0.368 e. The third-order valence-electron chi connectivity index (χ3n) is 3.96. The van der Waals surface area contributed by atoms with Gasteiger partial charge < -0.3 is 20.7 Å². The molecule has 22 heavy (non-hydrogen) atoms. The summed E-state index contributed by atoms with van der Waals surface area (Å²) in [5.41, 5.74) is 0.458.